The number of nitrogens with zero attached hydrogens (tertiary/aromatic N) is 1. The molecule has 20 heavy (non-hydrogen) atoms. The van der Waals surface area contributed by atoms with Gasteiger partial charge in [0.1, 0.15) is 22.8 Å². The third-order valence-electron chi connectivity index (χ3n) is 3.06. The summed E-state index contributed by atoms with van der Waals surface area (Å²) in [7, 11) is 1.54. The molecule has 0 saturated heterocycles. The smallest absolute Gasteiger partial charge is 0.259 e. The Hall–Kier alpha value is -2.82. The number of aromatic amines is 1. The zero-order chi connectivity index (χ0) is 14.1. The summed E-state index contributed by atoms with van der Waals surface area (Å²) in [6, 6.07) is 11.7. The van der Waals surface area contributed by atoms with Gasteiger partial charge in [-0.25, -0.2) is 4.98 Å². The van der Waals surface area contributed by atoms with E-state index < -0.39 is 0 Å². The summed E-state index contributed by atoms with van der Waals surface area (Å²) >= 11 is 0. The Labute approximate surface area is 114 Å². The van der Waals surface area contributed by atoms with E-state index in [0.29, 0.717) is 28.0 Å². The molecule has 2 N–H and O–H groups in total. The van der Waals surface area contributed by atoms with Crippen molar-refractivity contribution in [1.29, 1.82) is 0 Å². The van der Waals surface area contributed by atoms with Crippen LogP contribution >= 0.6 is 0 Å². The zero-order valence-corrected chi connectivity index (χ0v) is 10.8. The van der Waals surface area contributed by atoms with Crippen molar-refractivity contribution in [2.24, 2.45) is 0 Å². The van der Waals surface area contributed by atoms with Crippen molar-refractivity contribution < 1.29 is 9.84 Å². The molecule has 0 bridgehead atoms. The molecule has 0 spiro atoms. The van der Waals surface area contributed by atoms with Crippen LogP contribution in [-0.4, -0.2) is 22.2 Å². The monoisotopic (exact) mass is 268 g/mol. The molecule has 3 aromatic rings. The first-order valence-electron chi connectivity index (χ1n) is 6.05. The van der Waals surface area contributed by atoms with Gasteiger partial charge in [-0.05, 0) is 36.4 Å². The van der Waals surface area contributed by atoms with Crippen LogP contribution in [0, 0.1) is 0 Å². The average Bonchev–Trinajstić information content (AvgIpc) is 2.47. The van der Waals surface area contributed by atoms with Gasteiger partial charge in [0.2, 0.25) is 0 Å². The molecular weight excluding hydrogens is 256 g/mol. The molecule has 1 heterocycles. The molecule has 0 atom stereocenters. The first kappa shape index (κ1) is 12.2. The molecule has 3 rings (SSSR count). The van der Waals surface area contributed by atoms with E-state index in [0.717, 1.165) is 0 Å². The lowest BCUT2D eigenvalue weighted by molar-refractivity contribution is 0.419. The topological polar surface area (TPSA) is 75.2 Å². The number of aromatic hydroxyl groups is 1. The van der Waals surface area contributed by atoms with Gasteiger partial charge in [0, 0.05) is 5.56 Å². The van der Waals surface area contributed by atoms with Crippen molar-refractivity contribution in [3.8, 4) is 22.9 Å². The maximum Gasteiger partial charge on any atom is 0.259 e. The molecule has 0 unspecified atom stereocenters. The van der Waals surface area contributed by atoms with Gasteiger partial charge in [-0.15, -0.1) is 0 Å². The highest BCUT2D eigenvalue weighted by molar-refractivity contribution is 5.85. The van der Waals surface area contributed by atoms with Gasteiger partial charge in [-0.3, -0.25) is 4.79 Å². The fraction of sp³-hybridized carbons (Fsp3) is 0.0667. The van der Waals surface area contributed by atoms with Crippen LogP contribution in [0.3, 0.4) is 0 Å². The van der Waals surface area contributed by atoms with Gasteiger partial charge in [0.05, 0.1) is 12.5 Å². The molecule has 2 aromatic carbocycles. The van der Waals surface area contributed by atoms with Gasteiger partial charge >= 0.3 is 0 Å². The largest absolute Gasteiger partial charge is 0.508 e. The first-order chi connectivity index (χ1) is 9.69. The summed E-state index contributed by atoms with van der Waals surface area (Å²) in [5.41, 5.74) is 1.01. The lowest BCUT2D eigenvalue weighted by Gasteiger charge is -2.06. The number of phenols is 1. The van der Waals surface area contributed by atoms with E-state index in [4.69, 9.17) is 4.74 Å². The minimum atomic E-state index is -0.225. The van der Waals surface area contributed by atoms with Gasteiger partial charge in [0.25, 0.3) is 5.56 Å². The minimum Gasteiger partial charge on any atom is -0.508 e. The maximum absolute atomic E-state index is 12.1. The number of methoxy groups -OCH3 is 1. The van der Waals surface area contributed by atoms with Gasteiger partial charge in [-0.1, -0.05) is 6.07 Å². The standard InChI is InChI=1S/C15H12N2O3/c1-20-12-4-2-3-11-13(12)16-14(17-15(11)19)9-5-7-10(18)8-6-9/h2-8,18H,1H3,(H,16,17,19). The summed E-state index contributed by atoms with van der Waals surface area (Å²) in [5.74, 6) is 1.15. The van der Waals surface area contributed by atoms with Crippen molar-refractivity contribution >= 4 is 10.9 Å². The SMILES string of the molecule is COc1cccc2c(=O)[nH]c(-c3ccc(O)cc3)nc12. The van der Waals surface area contributed by atoms with Crippen molar-refractivity contribution in [2.75, 3.05) is 7.11 Å². The van der Waals surface area contributed by atoms with Crippen LogP contribution in [0.15, 0.2) is 47.3 Å². The molecule has 5 heteroatoms. The zero-order valence-electron chi connectivity index (χ0n) is 10.8. The molecule has 0 fully saturated rings. The number of hydrogen-bond donors (Lipinski definition) is 2. The molecule has 1 aromatic heterocycles. The Morgan fingerprint density at radius 2 is 1.90 bits per heavy atom. The molecule has 0 aliphatic heterocycles. The van der Waals surface area contributed by atoms with E-state index in [1.54, 1.807) is 42.5 Å². The van der Waals surface area contributed by atoms with Crippen LogP contribution in [0.5, 0.6) is 11.5 Å². The number of benzene rings is 2. The second-order valence-corrected chi connectivity index (χ2v) is 4.32. The predicted octanol–water partition coefficient (Wildman–Crippen LogP) is 2.30. The Kier molecular flexibility index (Phi) is 2.87. The summed E-state index contributed by atoms with van der Waals surface area (Å²) < 4.78 is 5.24. The molecule has 100 valence electrons. The molecule has 0 aliphatic carbocycles. The number of para-hydroxylation sites is 1. The van der Waals surface area contributed by atoms with Crippen molar-refractivity contribution in [3.05, 3.63) is 52.8 Å². The Morgan fingerprint density at radius 3 is 2.60 bits per heavy atom. The van der Waals surface area contributed by atoms with Gasteiger partial charge in [0.15, 0.2) is 0 Å². The fourth-order valence-corrected chi connectivity index (χ4v) is 2.06. The normalized spacial score (nSPS) is 10.7. The Balaban J connectivity index is 2.28. The van der Waals surface area contributed by atoms with Crippen LogP contribution in [0.25, 0.3) is 22.3 Å². The fourth-order valence-electron chi connectivity index (χ4n) is 2.06. The number of phenolic OH excluding ortho intramolecular Hbond substituents is 1. The van der Waals surface area contributed by atoms with Gasteiger partial charge < -0.3 is 14.8 Å². The van der Waals surface area contributed by atoms with E-state index >= 15 is 0 Å². The summed E-state index contributed by atoms with van der Waals surface area (Å²) in [6.07, 6.45) is 0. The highest BCUT2D eigenvalue weighted by atomic mass is 16.5. The summed E-state index contributed by atoms with van der Waals surface area (Å²) in [5, 5.41) is 9.78. The molecule has 0 aliphatic rings. The Bertz CT molecular complexity index is 823. The predicted molar refractivity (Wildman–Crippen MR) is 76.0 cm³/mol. The second-order valence-electron chi connectivity index (χ2n) is 4.32. The number of ether oxygens (including phenoxy) is 1. The van der Waals surface area contributed by atoms with Crippen LogP contribution < -0.4 is 10.3 Å². The van der Waals surface area contributed by atoms with E-state index in [1.165, 1.54) is 7.11 Å². The van der Waals surface area contributed by atoms with Crippen LogP contribution in [0.4, 0.5) is 0 Å². The number of rotatable bonds is 2. The maximum atomic E-state index is 12.1. The number of hydrogen-bond acceptors (Lipinski definition) is 4. The van der Waals surface area contributed by atoms with Crippen LogP contribution in [-0.2, 0) is 0 Å². The third-order valence-corrected chi connectivity index (χ3v) is 3.06. The van der Waals surface area contributed by atoms with E-state index in [2.05, 4.69) is 9.97 Å². The lowest BCUT2D eigenvalue weighted by atomic mass is 10.2. The van der Waals surface area contributed by atoms with E-state index in [9.17, 15) is 9.90 Å². The van der Waals surface area contributed by atoms with Crippen LogP contribution in [0.1, 0.15) is 0 Å². The molecular formula is C15H12N2O3. The molecule has 0 saturated carbocycles. The number of fused-ring (bicyclic) bond motifs is 1. The quantitative estimate of drug-likeness (QED) is 0.747. The highest BCUT2D eigenvalue weighted by Crippen LogP contribution is 2.24. The Morgan fingerprint density at radius 1 is 1.15 bits per heavy atom. The minimum absolute atomic E-state index is 0.162. The molecule has 0 amide bonds. The third kappa shape index (κ3) is 1.99. The molecule has 5 nitrogen and oxygen atoms in total. The number of H-pyrrole nitrogens is 1. The first-order valence-corrected chi connectivity index (χ1v) is 6.05. The van der Waals surface area contributed by atoms with E-state index in [1.807, 2.05) is 0 Å². The summed E-state index contributed by atoms with van der Waals surface area (Å²) in [4.78, 5) is 19.3. The lowest BCUT2D eigenvalue weighted by Crippen LogP contribution is -2.10. The van der Waals surface area contributed by atoms with E-state index in [-0.39, 0.29) is 11.3 Å². The van der Waals surface area contributed by atoms with Crippen molar-refractivity contribution in [1.82, 2.24) is 9.97 Å². The molecule has 0 radical (unpaired) electrons. The second kappa shape index (κ2) is 4.70. The van der Waals surface area contributed by atoms with Crippen LogP contribution in [0.2, 0.25) is 0 Å². The highest BCUT2D eigenvalue weighted by Gasteiger charge is 2.09. The number of aromatic nitrogens is 2. The number of nitrogens with one attached hydrogen (secondary N) is 1. The average molecular weight is 268 g/mol. The van der Waals surface area contributed by atoms with Crippen molar-refractivity contribution in [2.45, 2.75) is 0 Å². The summed E-state index contributed by atoms with van der Waals surface area (Å²) in [6.45, 7) is 0. The van der Waals surface area contributed by atoms with Gasteiger partial charge in [-0.2, -0.15) is 0 Å². The van der Waals surface area contributed by atoms with Crippen molar-refractivity contribution in [3.63, 3.8) is 0 Å².